The first-order valence-electron chi connectivity index (χ1n) is 6.61. The van der Waals surface area contributed by atoms with Crippen LogP contribution >= 0.6 is 0 Å². The number of fused-ring (bicyclic) bond motifs is 1. The van der Waals surface area contributed by atoms with E-state index in [-0.39, 0.29) is 0 Å². The normalized spacial score (nSPS) is 17.5. The van der Waals surface area contributed by atoms with Gasteiger partial charge in [0.2, 0.25) is 0 Å². The highest BCUT2D eigenvalue weighted by molar-refractivity contribution is 5.74. The summed E-state index contributed by atoms with van der Waals surface area (Å²) in [7, 11) is 0. The Bertz CT molecular complexity index is 617. The summed E-state index contributed by atoms with van der Waals surface area (Å²) < 4.78 is 5.71. The number of rotatable bonds is 2. The summed E-state index contributed by atoms with van der Waals surface area (Å²) in [5.74, 6) is 1.48. The summed E-state index contributed by atoms with van der Waals surface area (Å²) >= 11 is 0. The third-order valence-electron chi connectivity index (χ3n) is 3.56. The average molecular weight is 251 g/mol. The number of benzene rings is 1. The minimum Gasteiger partial charge on any atom is -0.493 e. The monoisotopic (exact) mass is 251 g/mol. The van der Waals surface area contributed by atoms with Crippen LogP contribution in [0.4, 0.5) is 0 Å². The summed E-state index contributed by atoms with van der Waals surface area (Å²) in [5, 5.41) is 0. The van der Waals surface area contributed by atoms with Gasteiger partial charge in [-0.15, -0.1) is 0 Å². The molecule has 0 bridgehead atoms. The third-order valence-corrected chi connectivity index (χ3v) is 3.56. The van der Waals surface area contributed by atoms with Gasteiger partial charge in [-0.1, -0.05) is 25.1 Å². The Morgan fingerprint density at radius 3 is 2.89 bits per heavy atom. The Morgan fingerprint density at radius 2 is 2.11 bits per heavy atom. The zero-order valence-electron chi connectivity index (χ0n) is 11.3. The number of hydrogen-bond acceptors (Lipinski definition) is 2. The molecule has 2 aromatic rings. The molecule has 2 heteroatoms. The molecule has 0 aliphatic carbocycles. The lowest BCUT2D eigenvalue weighted by Gasteiger charge is -2.09. The predicted octanol–water partition coefficient (Wildman–Crippen LogP) is 4.06. The van der Waals surface area contributed by atoms with Crippen LogP contribution in [0.2, 0.25) is 0 Å². The third kappa shape index (κ3) is 2.26. The number of nitrogens with zero attached hydrogens (tertiary/aromatic N) is 1. The summed E-state index contributed by atoms with van der Waals surface area (Å²) in [6, 6.07) is 10.1. The fraction of sp³-hybridized carbons (Fsp3) is 0.235. The van der Waals surface area contributed by atoms with Crippen molar-refractivity contribution in [3.05, 3.63) is 58.9 Å². The lowest BCUT2D eigenvalue weighted by molar-refractivity contribution is 0.337. The molecule has 2 heterocycles. The molecule has 0 amide bonds. The van der Waals surface area contributed by atoms with Crippen molar-refractivity contribution in [3.8, 4) is 5.75 Å². The van der Waals surface area contributed by atoms with Crippen molar-refractivity contribution in [1.82, 2.24) is 4.98 Å². The minimum atomic E-state index is 0.457. The molecule has 2 nitrogen and oxygen atoms in total. The van der Waals surface area contributed by atoms with E-state index in [1.165, 1.54) is 16.7 Å². The molecule has 0 saturated carbocycles. The van der Waals surface area contributed by atoms with Crippen molar-refractivity contribution < 1.29 is 4.74 Å². The molecule has 0 fully saturated rings. The zero-order chi connectivity index (χ0) is 13.2. The van der Waals surface area contributed by atoms with Crippen LogP contribution in [0, 0.1) is 6.92 Å². The fourth-order valence-electron chi connectivity index (χ4n) is 2.52. The van der Waals surface area contributed by atoms with Gasteiger partial charge in [0.05, 0.1) is 12.3 Å². The molecular weight excluding hydrogens is 234 g/mol. The van der Waals surface area contributed by atoms with Gasteiger partial charge >= 0.3 is 0 Å². The van der Waals surface area contributed by atoms with Gasteiger partial charge in [-0.25, -0.2) is 0 Å². The molecule has 0 radical (unpaired) electrons. The highest BCUT2D eigenvalue weighted by Crippen LogP contribution is 2.38. The average Bonchev–Trinajstić information content (AvgIpc) is 2.81. The second-order valence-corrected chi connectivity index (χ2v) is 5.01. The predicted molar refractivity (Wildman–Crippen MR) is 78.3 cm³/mol. The van der Waals surface area contributed by atoms with E-state index in [0.717, 1.165) is 18.1 Å². The van der Waals surface area contributed by atoms with E-state index in [1.54, 1.807) is 0 Å². The Hall–Kier alpha value is -2.09. The molecule has 1 unspecified atom stereocenters. The number of aryl methyl sites for hydroxylation is 1. The lowest BCUT2D eigenvalue weighted by atomic mass is 9.93. The molecule has 1 aromatic carbocycles. The van der Waals surface area contributed by atoms with Crippen LogP contribution in [0.15, 0.2) is 36.5 Å². The van der Waals surface area contributed by atoms with Gasteiger partial charge in [-0.2, -0.15) is 0 Å². The minimum absolute atomic E-state index is 0.457. The maximum absolute atomic E-state index is 5.71. The molecule has 1 atom stereocenters. The van der Waals surface area contributed by atoms with Crippen molar-refractivity contribution in [2.45, 2.75) is 19.8 Å². The molecule has 1 aromatic heterocycles. The second-order valence-electron chi connectivity index (χ2n) is 5.01. The molecule has 3 rings (SSSR count). The van der Waals surface area contributed by atoms with E-state index >= 15 is 0 Å². The SMILES string of the molecule is Cc1ccc2c(c1/C=C/c1ccccn1)C(C)CO2. The molecule has 1 aliphatic heterocycles. The number of aromatic nitrogens is 1. The first kappa shape index (κ1) is 12.0. The van der Waals surface area contributed by atoms with E-state index in [1.807, 2.05) is 24.4 Å². The molecular formula is C17H17NO. The summed E-state index contributed by atoms with van der Waals surface area (Å²) in [6.45, 7) is 5.13. The van der Waals surface area contributed by atoms with Gasteiger partial charge in [-0.3, -0.25) is 4.98 Å². The highest BCUT2D eigenvalue weighted by atomic mass is 16.5. The van der Waals surface area contributed by atoms with Gasteiger partial charge in [0.25, 0.3) is 0 Å². The molecule has 0 spiro atoms. The van der Waals surface area contributed by atoms with Crippen LogP contribution in [0.25, 0.3) is 12.2 Å². The van der Waals surface area contributed by atoms with Gasteiger partial charge in [0.1, 0.15) is 5.75 Å². The van der Waals surface area contributed by atoms with Gasteiger partial charge in [0, 0.05) is 17.7 Å². The first-order chi connectivity index (χ1) is 9.25. The smallest absolute Gasteiger partial charge is 0.123 e. The van der Waals surface area contributed by atoms with Crippen molar-refractivity contribution in [1.29, 1.82) is 0 Å². The molecule has 1 aliphatic rings. The van der Waals surface area contributed by atoms with Crippen molar-refractivity contribution in [2.75, 3.05) is 6.61 Å². The van der Waals surface area contributed by atoms with E-state index < -0.39 is 0 Å². The van der Waals surface area contributed by atoms with E-state index in [0.29, 0.717) is 5.92 Å². The Balaban J connectivity index is 2.02. The molecule has 0 saturated heterocycles. The number of ether oxygens (including phenoxy) is 1. The van der Waals surface area contributed by atoms with Gasteiger partial charge in [0.15, 0.2) is 0 Å². The quantitative estimate of drug-likeness (QED) is 0.803. The molecule has 96 valence electrons. The second kappa shape index (κ2) is 4.88. The van der Waals surface area contributed by atoms with E-state index in [4.69, 9.17) is 4.74 Å². The lowest BCUT2D eigenvalue weighted by Crippen LogP contribution is -1.96. The summed E-state index contributed by atoms with van der Waals surface area (Å²) in [4.78, 5) is 4.32. The first-order valence-corrected chi connectivity index (χ1v) is 6.61. The van der Waals surface area contributed by atoms with Crippen molar-refractivity contribution >= 4 is 12.2 Å². The van der Waals surface area contributed by atoms with E-state index in [2.05, 4.69) is 43.1 Å². The topological polar surface area (TPSA) is 22.1 Å². The van der Waals surface area contributed by atoms with Gasteiger partial charge in [-0.05, 0) is 42.3 Å². The standard InChI is InChI=1S/C17H17NO/c1-12-6-9-16-17(13(2)11-19-16)15(12)8-7-14-5-3-4-10-18-14/h3-10,13H,11H2,1-2H3/b8-7+. The van der Waals surface area contributed by atoms with Gasteiger partial charge < -0.3 is 4.74 Å². The van der Waals surface area contributed by atoms with E-state index in [9.17, 15) is 0 Å². The maximum Gasteiger partial charge on any atom is 0.123 e. The van der Waals surface area contributed by atoms with Crippen LogP contribution in [0.5, 0.6) is 5.75 Å². The van der Waals surface area contributed by atoms with Crippen molar-refractivity contribution in [2.24, 2.45) is 0 Å². The van der Waals surface area contributed by atoms with Crippen LogP contribution in [-0.2, 0) is 0 Å². The highest BCUT2D eigenvalue weighted by Gasteiger charge is 2.23. The number of hydrogen-bond donors (Lipinski definition) is 0. The van der Waals surface area contributed by atoms with Crippen LogP contribution in [0.1, 0.15) is 35.2 Å². The van der Waals surface area contributed by atoms with Crippen LogP contribution in [-0.4, -0.2) is 11.6 Å². The molecule has 19 heavy (non-hydrogen) atoms. The molecule has 0 N–H and O–H groups in total. The largest absolute Gasteiger partial charge is 0.493 e. The van der Waals surface area contributed by atoms with Crippen molar-refractivity contribution in [3.63, 3.8) is 0 Å². The zero-order valence-corrected chi connectivity index (χ0v) is 11.3. The summed E-state index contributed by atoms with van der Waals surface area (Å²) in [5.41, 5.74) is 4.86. The summed E-state index contributed by atoms with van der Waals surface area (Å²) in [6.07, 6.45) is 6.03. The Kier molecular flexibility index (Phi) is 3.08. The van der Waals surface area contributed by atoms with Crippen LogP contribution < -0.4 is 4.74 Å². The van der Waals surface area contributed by atoms with Crippen LogP contribution in [0.3, 0.4) is 0 Å². The Labute approximate surface area is 113 Å². The Morgan fingerprint density at radius 1 is 1.21 bits per heavy atom. The maximum atomic E-state index is 5.71. The fourth-order valence-corrected chi connectivity index (χ4v) is 2.52. The number of pyridine rings is 1.